The first-order valence-corrected chi connectivity index (χ1v) is 6.86. The lowest BCUT2D eigenvalue weighted by Gasteiger charge is -2.11. The highest BCUT2D eigenvalue weighted by atomic mass is 79.9. The minimum absolute atomic E-state index is 0.0805. The number of aromatic nitrogens is 3. The van der Waals surface area contributed by atoms with E-state index in [1.165, 1.54) is 0 Å². The minimum Gasteiger partial charge on any atom is -0.368 e. The summed E-state index contributed by atoms with van der Waals surface area (Å²) in [6.07, 6.45) is 1.71. The highest BCUT2D eigenvalue weighted by Crippen LogP contribution is 2.22. The maximum absolute atomic E-state index is 9.36. The Labute approximate surface area is 131 Å². The number of nitrogen functional groups attached to an aromatic ring is 1. The van der Waals surface area contributed by atoms with Gasteiger partial charge in [-0.2, -0.15) is 20.2 Å². The first kappa shape index (κ1) is 14.9. The average molecular weight is 345 g/mol. The van der Waals surface area contributed by atoms with Gasteiger partial charge in [0.25, 0.3) is 0 Å². The lowest BCUT2D eigenvalue weighted by molar-refractivity contribution is 0.952. The number of nitrogens with zero attached hydrogens (tertiary/aromatic N) is 5. The molecule has 0 aliphatic heterocycles. The van der Waals surface area contributed by atoms with Crippen LogP contribution in [0, 0.1) is 11.3 Å². The molecular weight excluding hydrogens is 332 g/mol. The number of halogens is 1. The van der Waals surface area contributed by atoms with E-state index in [1.54, 1.807) is 25.1 Å². The van der Waals surface area contributed by atoms with Crippen LogP contribution in [0.2, 0.25) is 0 Å². The summed E-state index contributed by atoms with van der Waals surface area (Å²) in [5.74, 6) is 0.743. The highest BCUT2D eigenvalue weighted by molar-refractivity contribution is 9.10. The Hall–Kier alpha value is -2.46. The Morgan fingerprint density at radius 1 is 1.29 bits per heavy atom. The maximum atomic E-state index is 9.36. The molecule has 2 rings (SSSR count). The van der Waals surface area contributed by atoms with E-state index in [4.69, 9.17) is 5.73 Å². The van der Waals surface area contributed by atoms with Crippen LogP contribution in [0.25, 0.3) is 11.6 Å². The van der Waals surface area contributed by atoms with Crippen LogP contribution in [-0.2, 0) is 0 Å². The van der Waals surface area contributed by atoms with E-state index in [2.05, 4.69) is 37.0 Å². The zero-order valence-electron chi connectivity index (χ0n) is 11.6. The van der Waals surface area contributed by atoms with Crippen molar-refractivity contribution in [1.29, 1.82) is 5.26 Å². The van der Waals surface area contributed by atoms with Gasteiger partial charge in [0.15, 0.2) is 5.82 Å². The third-order valence-electron chi connectivity index (χ3n) is 2.61. The molecule has 0 atom stereocenters. The number of allylic oxidation sites excluding steroid dienone is 1. The van der Waals surface area contributed by atoms with Gasteiger partial charge in [-0.3, -0.25) is 0 Å². The van der Waals surface area contributed by atoms with Crippen molar-refractivity contribution in [2.75, 3.05) is 24.7 Å². The van der Waals surface area contributed by atoms with Gasteiger partial charge < -0.3 is 10.6 Å². The number of hydrogen-bond donors (Lipinski definition) is 1. The van der Waals surface area contributed by atoms with Crippen molar-refractivity contribution >= 4 is 39.5 Å². The van der Waals surface area contributed by atoms with Crippen molar-refractivity contribution in [3.63, 3.8) is 0 Å². The SMILES string of the molecule is CN(C)c1nc(N)nc(/C(C#N)=C/c2ccccc2Br)n1. The van der Waals surface area contributed by atoms with Gasteiger partial charge in [-0.05, 0) is 17.7 Å². The van der Waals surface area contributed by atoms with E-state index >= 15 is 0 Å². The summed E-state index contributed by atoms with van der Waals surface area (Å²) in [5, 5.41) is 9.36. The molecule has 7 heteroatoms. The second kappa shape index (κ2) is 6.33. The summed E-state index contributed by atoms with van der Waals surface area (Å²) in [7, 11) is 3.59. The molecule has 0 spiro atoms. The Bertz CT molecular complexity index is 732. The first-order valence-electron chi connectivity index (χ1n) is 6.07. The van der Waals surface area contributed by atoms with Crippen LogP contribution in [-0.4, -0.2) is 29.0 Å². The molecule has 0 saturated carbocycles. The lowest BCUT2D eigenvalue weighted by atomic mass is 10.1. The molecule has 0 saturated heterocycles. The number of nitriles is 1. The van der Waals surface area contributed by atoms with Crippen molar-refractivity contribution in [2.45, 2.75) is 0 Å². The first-order chi connectivity index (χ1) is 10.0. The molecule has 0 aliphatic rings. The fourth-order valence-corrected chi connectivity index (χ4v) is 1.99. The van der Waals surface area contributed by atoms with Crippen molar-refractivity contribution in [2.24, 2.45) is 0 Å². The van der Waals surface area contributed by atoms with Crippen molar-refractivity contribution in [3.05, 3.63) is 40.1 Å². The standard InChI is InChI=1S/C14H13BrN6/c1-21(2)14-19-12(18-13(17)20-14)10(8-16)7-9-5-3-4-6-11(9)15/h3-7H,1-2H3,(H2,17,18,19,20)/b10-7+. The number of benzene rings is 1. The molecule has 0 aliphatic carbocycles. The molecule has 0 radical (unpaired) electrons. The van der Waals surface area contributed by atoms with Crippen molar-refractivity contribution in [1.82, 2.24) is 15.0 Å². The Morgan fingerprint density at radius 2 is 2.00 bits per heavy atom. The predicted molar refractivity (Wildman–Crippen MR) is 86.2 cm³/mol. The van der Waals surface area contributed by atoms with Gasteiger partial charge in [0.2, 0.25) is 11.9 Å². The van der Waals surface area contributed by atoms with E-state index in [1.807, 2.05) is 24.3 Å². The molecule has 1 aromatic carbocycles. The zero-order valence-corrected chi connectivity index (χ0v) is 13.2. The Morgan fingerprint density at radius 3 is 2.62 bits per heavy atom. The lowest BCUT2D eigenvalue weighted by Crippen LogP contribution is -2.15. The summed E-state index contributed by atoms with van der Waals surface area (Å²) in [5.41, 5.74) is 6.86. The van der Waals surface area contributed by atoms with Crippen LogP contribution in [0.5, 0.6) is 0 Å². The summed E-state index contributed by atoms with van der Waals surface area (Å²) in [6, 6.07) is 9.67. The summed E-state index contributed by atoms with van der Waals surface area (Å²) < 4.78 is 0.882. The smallest absolute Gasteiger partial charge is 0.230 e. The van der Waals surface area contributed by atoms with E-state index in [9.17, 15) is 5.26 Å². The predicted octanol–water partition coefficient (Wildman–Crippen LogP) is 2.35. The molecule has 21 heavy (non-hydrogen) atoms. The molecule has 1 aromatic heterocycles. The molecule has 1 heterocycles. The monoisotopic (exact) mass is 344 g/mol. The molecule has 0 amide bonds. The summed E-state index contributed by atoms with van der Waals surface area (Å²) >= 11 is 3.44. The number of hydrogen-bond acceptors (Lipinski definition) is 6. The Kier molecular flexibility index (Phi) is 4.50. The molecule has 2 N–H and O–H groups in total. The van der Waals surface area contributed by atoms with Crippen molar-refractivity contribution < 1.29 is 0 Å². The average Bonchev–Trinajstić information content (AvgIpc) is 2.45. The molecule has 0 unspecified atom stereocenters. The van der Waals surface area contributed by atoms with Crippen LogP contribution >= 0.6 is 15.9 Å². The van der Waals surface area contributed by atoms with Crippen LogP contribution < -0.4 is 10.6 Å². The van der Waals surface area contributed by atoms with Crippen LogP contribution in [0.15, 0.2) is 28.7 Å². The number of rotatable bonds is 3. The quantitative estimate of drug-likeness (QED) is 0.859. The molecule has 106 valence electrons. The fourth-order valence-electron chi connectivity index (χ4n) is 1.60. The largest absolute Gasteiger partial charge is 0.368 e. The van der Waals surface area contributed by atoms with Gasteiger partial charge in [-0.15, -0.1) is 0 Å². The fraction of sp³-hybridized carbons (Fsp3) is 0.143. The Balaban J connectivity index is 2.53. The second-order valence-corrected chi connectivity index (χ2v) is 5.26. The van der Waals surface area contributed by atoms with Gasteiger partial charge in [-0.1, -0.05) is 34.1 Å². The van der Waals surface area contributed by atoms with Gasteiger partial charge in [0.1, 0.15) is 6.07 Å². The highest BCUT2D eigenvalue weighted by Gasteiger charge is 2.11. The van der Waals surface area contributed by atoms with E-state index in [-0.39, 0.29) is 11.8 Å². The topological polar surface area (TPSA) is 91.7 Å². The normalized spacial score (nSPS) is 11.0. The van der Waals surface area contributed by atoms with Gasteiger partial charge in [-0.25, -0.2) is 0 Å². The summed E-state index contributed by atoms with van der Waals surface area (Å²) in [4.78, 5) is 14.0. The third kappa shape index (κ3) is 3.55. The van der Waals surface area contributed by atoms with Crippen molar-refractivity contribution in [3.8, 4) is 6.07 Å². The van der Waals surface area contributed by atoms with E-state index < -0.39 is 0 Å². The molecule has 0 fully saturated rings. The molecule has 6 nitrogen and oxygen atoms in total. The van der Waals surface area contributed by atoms with Gasteiger partial charge >= 0.3 is 0 Å². The second-order valence-electron chi connectivity index (χ2n) is 4.40. The van der Waals surface area contributed by atoms with E-state index in [0.717, 1.165) is 10.0 Å². The van der Waals surface area contributed by atoms with E-state index in [0.29, 0.717) is 11.5 Å². The molecule has 0 bridgehead atoms. The van der Waals surface area contributed by atoms with Crippen LogP contribution in [0.4, 0.5) is 11.9 Å². The summed E-state index contributed by atoms with van der Waals surface area (Å²) in [6.45, 7) is 0. The molecular formula is C14H13BrN6. The number of nitrogens with two attached hydrogens (primary N) is 1. The third-order valence-corrected chi connectivity index (χ3v) is 3.33. The maximum Gasteiger partial charge on any atom is 0.230 e. The molecule has 2 aromatic rings. The van der Waals surface area contributed by atoms with Gasteiger partial charge in [0.05, 0.1) is 5.57 Å². The van der Waals surface area contributed by atoms with Crippen LogP contribution in [0.3, 0.4) is 0 Å². The minimum atomic E-state index is 0.0805. The van der Waals surface area contributed by atoms with Crippen LogP contribution in [0.1, 0.15) is 11.4 Å². The van der Waals surface area contributed by atoms with Gasteiger partial charge in [0, 0.05) is 18.6 Å². The number of anilines is 2. The zero-order chi connectivity index (χ0) is 15.4.